The van der Waals surface area contributed by atoms with E-state index in [2.05, 4.69) is 20.2 Å². The molecule has 1 heterocycles. The molecule has 0 fully saturated rings. The lowest BCUT2D eigenvalue weighted by atomic mass is 10.3. The number of rotatable bonds is 10. The summed E-state index contributed by atoms with van der Waals surface area (Å²) in [5.41, 5.74) is 0. The summed E-state index contributed by atoms with van der Waals surface area (Å²) in [6.07, 6.45) is 2.43. The number of ether oxygens (including phenoxy) is 3. The number of anilines is 2. The van der Waals surface area contributed by atoms with Crippen LogP contribution in [0.25, 0.3) is 0 Å². The Labute approximate surface area is 120 Å². The fourth-order valence-electron chi connectivity index (χ4n) is 1.88. The SMILES string of the molecule is CNc1ncnc(N(CCCOC)CCOC)c1OC. The minimum Gasteiger partial charge on any atom is -0.490 e. The van der Waals surface area contributed by atoms with Gasteiger partial charge in [-0.2, -0.15) is 0 Å². The Morgan fingerprint density at radius 3 is 2.45 bits per heavy atom. The van der Waals surface area contributed by atoms with E-state index >= 15 is 0 Å². The molecule has 0 unspecified atom stereocenters. The van der Waals surface area contributed by atoms with Gasteiger partial charge in [0, 0.05) is 41.0 Å². The summed E-state index contributed by atoms with van der Waals surface area (Å²) in [5.74, 6) is 2.08. The van der Waals surface area contributed by atoms with Crippen LogP contribution < -0.4 is 15.0 Å². The number of aromatic nitrogens is 2. The predicted molar refractivity (Wildman–Crippen MR) is 78.7 cm³/mol. The standard InChI is InChI=1S/C13H24N4O3/c1-14-12-11(20-4)13(16-10-15-12)17(7-9-19-3)6-5-8-18-2/h10H,5-9H2,1-4H3,(H,14,15,16). The molecule has 0 aliphatic carbocycles. The van der Waals surface area contributed by atoms with Gasteiger partial charge in [-0.15, -0.1) is 0 Å². The van der Waals surface area contributed by atoms with E-state index in [4.69, 9.17) is 14.2 Å². The molecule has 0 spiro atoms. The average Bonchev–Trinajstić information content (AvgIpc) is 2.49. The second-order valence-electron chi connectivity index (χ2n) is 4.16. The Morgan fingerprint density at radius 1 is 1.10 bits per heavy atom. The summed E-state index contributed by atoms with van der Waals surface area (Å²) < 4.78 is 15.7. The maximum absolute atomic E-state index is 5.43. The monoisotopic (exact) mass is 284 g/mol. The summed E-state index contributed by atoms with van der Waals surface area (Å²) in [6, 6.07) is 0. The Balaban J connectivity index is 2.92. The Bertz CT molecular complexity index is 390. The molecule has 1 N–H and O–H groups in total. The van der Waals surface area contributed by atoms with Gasteiger partial charge in [0.1, 0.15) is 6.33 Å². The molecule has 0 atom stereocenters. The maximum Gasteiger partial charge on any atom is 0.204 e. The van der Waals surface area contributed by atoms with Gasteiger partial charge in [0.05, 0.1) is 13.7 Å². The highest BCUT2D eigenvalue weighted by Crippen LogP contribution is 2.31. The van der Waals surface area contributed by atoms with E-state index in [1.165, 1.54) is 6.33 Å². The van der Waals surface area contributed by atoms with Crippen LogP contribution in [0, 0.1) is 0 Å². The molecule has 0 bridgehead atoms. The van der Waals surface area contributed by atoms with Crippen LogP contribution in [0.1, 0.15) is 6.42 Å². The van der Waals surface area contributed by atoms with Crippen molar-refractivity contribution in [3.8, 4) is 5.75 Å². The van der Waals surface area contributed by atoms with E-state index in [1.807, 2.05) is 0 Å². The van der Waals surface area contributed by atoms with Crippen molar-refractivity contribution >= 4 is 11.6 Å². The molecule has 7 nitrogen and oxygen atoms in total. The zero-order valence-corrected chi connectivity index (χ0v) is 12.7. The van der Waals surface area contributed by atoms with Crippen LogP contribution in [0.2, 0.25) is 0 Å². The van der Waals surface area contributed by atoms with E-state index in [1.54, 1.807) is 28.4 Å². The second-order valence-corrected chi connectivity index (χ2v) is 4.16. The van der Waals surface area contributed by atoms with Crippen LogP contribution in [0.4, 0.5) is 11.6 Å². The van der Waals surface area contributed by atoms with Crippen molar-refractivity contribution in [2.45, 2.75) is 6.42 Å². The van der Waals surface area contributed by atoms with Gasteiger partial charge in [-0.05, 0) is 6.42 Å². The van der Waals surface area contributed by atoms with Crippen LogP contribution in [-0.2, 0) is 9.47 Å². The molecule has 0 aromatic carbocycles. The first-order valence-corrected chi connectivity index (χ1v) is 6.58. The number of methoxy groups -OCH3 is 3. The van der Waals surface area contributed by atoms with Gasteiger partial charge in [0.25, 0.3) is 0 Å². The first-order valence-electron chi connectivity index (χ1n) is 6.58. The highest BCUT2D eigenvalue weighted by Gasteiger charge is 2.17. The second kappa shape index (κ2) is 9.33. The molecule has 7 heteroatoms. The third-order valence-electron chi connectivity index (χ3n) is 2.87. The Kier molecular flexibility index (Phi) is 7.67. The summed E-state index contributed by atoms with van der Waals surface area (Å²) in [4.78, 5) is 10.6. The molecule has 0 aliphatic heterocycles. The highest BCUT2D eigenvalue weighted by molar-refractivity contribution is 5.64. The smallest absolute Gasteiger partial charge is 0.204 e. The molecular weight excluding hydrogens is 260 g/mol. The van der Waals surface area contributed by atoms with Crippen LogP contribution in [0.3, 0.4) is 0 Å². The fourth-order valence-corrected chi connectivity index (χ4v) is 1.88. The lowest BCUT2D eigenvalue weighted by molar-refractivity contribution is 0.190. The van der Waals surface area contributed by atoms with Crippen LogP contribution in [-0.4, -0.2) is 64.6 Å². The molecule has 114 valence electrons. The van der Waals surface area contributed by atoms with Crippen molar-refractivity contribution < 1.29 is 14.2 Å². The Hall–Kier alpha value is -1.60. The van der Waals surface area contributed by atoms with Crippen molar-refractivity contribution in [2.75, 3.05) is 64.9 Å². The molecule has 1 aromatic rings. The normalized spacial score (nSPS) is 10.4. The van der Waals surface area contributed by atoms with Crippen molar-refractivity contribution in [2.24, 2.45) is 0 Å². The molecule has 20 heavy (non-hydrogen) atoms. The number of nitrogens with one attached hydrogen (secondary N) is 1. The summed E-state index contributed by atoms with van der Waals surface area (Å²) in [6.45, 7) is 2.87. The first kappa shape index (κ1) is 16.5. The van der Waals surface area contributed by atoms with Crippen LogP contribution in [0.5, 0.6) is 5.75 Å². The highest BCUT2D eigenvalue weighted by atomic mass is 16.5. The molecule has 0 amide bonds. The average molecular weight is 284 g/mol. The van der Waals surface area contributed by atoms with Crippen molar-refractivity contribution in [1.29, 1.82) is 0 Å². The van der Waals surface area contributed by atoms with E-state index in [0.29, 0.717) is 24.8 Å². The minimum atomic E-state index is 0.620. The zero-order valence-electron chi connectivity index (χ0n) is 12.7. The van der Waals surface area contributed by atoms with Gasteiger partial charge < -0.3 is 24.4 Å². The van der Waals surface area contributed by atoms with E-state index in [-0.39, 0.29) is 0 Å². The van der Waals surface area contributed by atoms with E-state index in [9.17, 15) is 0 Å². The van der Waals surface area contributed by atoms with Gasteiger partial charge in [0.2, 0.25) is 5.75 Å². The van der Waals surface area contributed by atoms with Crippen LogP contribution >= 0.6 is 0 Å². The van der Waals surface area contributed by atoms with Gasteiger partial charge in [-0.25, -0.2) is 9.97 Å². The van der Waals surface area contributed by atoms with Gasteiger partial charge in [-0.1, -0.05) is 0 Å². The molecule has 0 aliphatic rings. The van der Waals surface area contributed by atoms with Gasteiger partial charge >= 0.3 is 0 Å². The number of hydrogen-bond acceptors (Lipinski definition) is 7. The van der Waals surface area contributed by atoms with Crippen LogP contribution in [0.15, 0.2) is 6.33 Å². The molecular formula is C13H24N4O3. The maximum atomic E-state index is 5.43. The predicted octanol–water partition coefficient (Wildman–Crippen LogP) is 1.02. The number of nitrogens with zero attached hydrogens (tertiary/aromatic N) is 3. The van der Waals surface area contributed by atoms with Crippen molar-refractivity contribution in [3.05, 3.63) is 6.33 Å². The fraction of sp³-hybridized carbons (Fsp3) is 0.692. The summed E-state index contributed by atoms with van der Waals surface area (Å²) in [5, 5.41) is 3.01. The largest absolute Gasteiger partial charge is 0.490 e. The first-order chi connectivity index (χ1) is 9.78. The van der Waals surface area contributed by atoms with Crippen molar-refractivity contribution in [1.82, 2.24) is 9.97 Å². The topological polar surface area (TPSA) is 68.7 Å². The van der Waals surface area contributed by atoms with Gasteiger partial charge in [0.15, 0.2) is 11.6 Å². The lowest BCUT2D eigenvalue weighted by Gasteiger charge is -2.25. The minimum absolute atomic E-state index is 0.620. The summed E-state index contributed by atoms with van der Waals surface area (Å²) in [7, 11) is 6.80. The van der Waals surface area contributed by atoms with Crippen molar-refractivity contribution in [3.63, 3.8) is 0 Å². The zero-order chi connectivity index (χ0) is 14.8. The third kappa shape index (κ3) is 4.50. The molecule has 1 rings (SSSR count). The van der Waals surface area contributed by atoms with E-state index < -0.39 is 0 Å². The Morgan fingerprint density at radius 2 is 1.85 bits per heavy atom. The van der Waals surface area contributed by atoms with Gasteiger partial charge in [-0.3, -0.25) is 0 Å². The summed E-state index contributed by atoms with van der Waals surface area (Å²) >= 11 is 0. The molecule has 0 saturated carbocycles. The molecule has 0 saturated heterocycles. The molecule has 1 aromatic heterocycles. The van der Waals surface area contributed by atoms with E-state index in [0.717, 1.165) is 25.3 Å². The quantitative estimate of drug-likeness (QED) is 0.643. The number of hydrogen-bond donors (Lipinski definition) is 1. The lowest BCUT2D eigenvalue weighted by Crippen LogP contribution is -2.30. The third-order valence-corrected chi connectivity index (χ3v) is 2.87. The molecule has 0 radical (unpaired) electrons.